The largest absolute Gasteiger partial charge is 0.348 e. The van der Waals surface area contributed by atoms with Crippen molar-refractivity contribution in [2.24, 2.45) is 0 Å². The molecular weight excluding hydrogens is 400 g/mol. The Kier molecular flexibility index (Phi) is 6.31. The molecule has 0 saturated heterocycles. The summed E-state index contributed by atoms with van der Waals surface area (Å²) >= 11 is 0. The van der Waals surface area contributed by atoms with Gasteiger partial charge in [-0.15, -0.1) is 0 Å². The van der Waals surface area contributed by atoms with Crippen LogP contribution in [0, 0.1) is 13.8 Å². The second kappa shape index (κ2) is 9.15. The van der Waals surface area contributed by atoms with Crippen molar-refractivity contribution in [1.82, 2.24) is 20.1 Å². The van der Waals surface area contributed by atoms with Crippen molar-refractivity contribution in [2.45, 2.75) is 72.4 Å². The molecule has 2 N–H and O–H groups in total. The number of H-pyrrole nitrogens is 1. The quantitative estimate of drug-likeness (QED) is 0.562. The fraction of sp³-hybridized carbons (Fsp3) is 0.423. The van der Waals surface area contributed by atoms with E-state index in [1.54, 1.807) is 0 Å². The number of amides is 1. The summed E-state index contributed by atoms with van der Waals surface area (Å²) in [4.78, 5) is 28.5. The van der Waals surface area contributed by atoms with Gasteiger partial charge < -0.3 is 10.3 Å². The van der Waals surface area contributed by atoms with E-state index in [1.165, 1.54) is 18.4 Å². The lowest BCUT2D eigenvalue weighted by Gasteiger charge is -2.15. The molecule has 1 aromatic carbocycles. The molecule has 1 aliphatic rings. The second-order valence-electron chi connectivity index (χ2n) is 8.78. The normalized spacial score (nSPS) is 14.9. The van der Waals surface area contributed by atoms with Crippen LogP contribution in [0.2, 0.25) is 0 Å². The molecule has 6 nitrogen and oxygen atoms in total. The minimum atomic E-state index is -0.186. The predicted octanol–water partition coefficient (Wildman–Crippen LogP) is 5.20. The first-order valence-electron chi connectivity index (χ1n) is 11.6. The lowest BCUT2D eigenvalue weighted by Crippen LogP contribution is -2.28. The van der Waals surface area contributed by atoms with E-state index in [9.17, 15) is 9.59 Å². The van der Waals surface area contributed by atoms with Gasteiger partial charge in [-0.3, -0.25) is 14.3 Å². The number of nitrogens with one attached hydrogen (secondary N) is 2. The molecule has 32 heavy (non-hydrogen) atoms. The van der Waals surface area contributed by atoms with Gasteiger partial charge in [-0.05, 0) is 74.9 Å². The van der Waals surface area contributed by atoms with Crippen molar-refractivity contribution in [1.29, 1.82) is 0 Å². The molecule has 3 aromatic rings. The average molecular weight is 433 g/mol. The maximum atomic E-state index is 13.3. The van der Waals surface area contributed by atoms with Crippen LogP contribution in [0.25, 0.3) is 16.5 Å². The fourth-order valence-corrected chi connectivity index (χ4v) is 4.90. The number of hydrogen-bond donors (Lipinski definition) is 2. The number of benzene rings is 1. The van der Waals surface area contributed by atoms with Crippen LogP contribution >= 0.6 is 0 Å². The lowest BCUT2D eigenvalue weighted by molar-refractivity contribution is 0.0952. The standard InChI is InChI=1S/C26H32N4O2/c1-5-18(6-2)19-12-21(23-15-28-30(24(23)13-19)20-9-7-8-10-20)25(31)27-14-22-16(3)11-17(4)29-26(22)32/h5,11-13,15,20H,6-10,14H2,1-4H3,(H,27,31)(H,29,32)/b18-5+. The molecule has 6 heteroatoms. The van der Waals surface area contributed by atoms with E-state index in [4.69, 9.17) is 5.10 Å². The van der Waals surface area contributed by atoms with E-state index < -0.39 is 0 Å². The van der Waals surface area contributed by atoms with Gasteiger partial charge >= 0.3 is 0 Å². The van der Waals surface area contributed by atoms with Crippen LogP contribution in [-0.4, -0.2) is 20.7 Å². The van der Waals surface area contributed by atoms with Crippen molar-refractivity contribution in [3.63, 3.8) is 0 Å². The lowest BCUT2D eigenvalue weighted by atomic mass is 9.97. The van der Waals surface area contributed by atoms with Gasteiger partial charge in [-0.1, -0.05) is 25.8 Å². The van der Waals surface area contributed by atoms with Crippen LogP contribution in [0.15, 0.2) is 35.3 Å². The van der Waals surface area contributed by atoms with Gasteiger partial charge in [0.25, 0.3) is 11.5 Å². The number of fused-ring (bicyclic) bond motifs is 1. The van der Waals surface area contributed by atoms with Crippen molar-refractivity contribution in [3.8, 4) is 0 Å². The van der Waals surface area contributed by atoms with Gasteiger partial charge in [0.1, 0.15) is 0 Å². The molecule has 0 radical (unpaired) electrons. The van der Waals surface area contributed by atoms with E-state index in [1.807, 2.05) is 39.1 Å². The SMILES string of the molecule is C/C=C(\CC)c1cc(C(=O)NCc2c(C)cc(C)[nH]c2=O)c2cnn(C3CCCC3)c2c1. The number of nitrogens with zero attached hydrogens (tertiary/aromatic N) is 2. The Balaban J connectivity index is 1.73. The molecule has 2 aromatic heterocycles. The highest BCUT2D eigenvalue weighted by Gasteiger charge is 2.23. The molecule has 1 amide bonds. The van der Waals surface area contributed by atoms with Crippen molar-refractivity contribution in [2.75, 3.05) is 0 Å². The van der Waals surface area contributed by atoms with E-state index >= 15 is 0 Å². The summed E-state index contributed by atoms with van der Waals surface area (Å²) in [5.41, 5.74) is 5.99. The first-order chi connectivity index (χ1) is 15.4. The molecule has 168 valence electrons. The number of aryl methyl sites for hydroxylation is 2. The van der Waals surface area contributed by atoms with Gasteiger partial charge in [-0.25, -0.2) is 0 Å². The summed E-state index contributed by atoms with van der Waals surface area (Å²) in [5, 5.41) is 8.53. The van der Waals surface area contributed by atoms with E-state index in [2.05, 4.69) is 34.0 Å². The van der Waals surface area contributed by atoms with Crippen molar-refractivity contribution < 1.29 is 4.79 Å². The third-order valence-corrected chi connectivity index (χ3v) is 6.65. The number of carbonyl (C=O) groups is 1. The predicted molar refractivity (Wildman–Crippen MR) is 129 cm³/mol. The number of rotatable bonds is 6. The van der Waals surface area contributed by atoms with Crippen molar-refractivity contribution >= 4 is 22.4 Å². The summed E-state index contributed by atoms with van der Waals surface area (Å²) in [6.45, 7) is 8.10. The molecule has 1 fully saturated rings. The van der Waals surface area contributed by atoms with Gasteiger partial charge in [0, 0.05) is 23.2 Å². The smallest absolute Gasteiger partial charge is 0.253 e. The number of hydrogen-bond acceptors (Lipinski definition) is 3. The number of carbonyl (C=O) groups excluding carboxylic acids is 1. The first kappa shape index (κ1) is 22.1. The summed E-state index contributed by atoms with van der Waals surface area (Å²) in [6.07, 6.45) is 9.51. The number of pyridine rings is 1. The maximum Gasteiger partial charge on any atom is 0.253 e. The Morgan fingerprint density at radius 1 is 1.25 bits per heavy atom. The number of allylic oxidation sites excluding steroid dienone is 2. The summed E-state index contributed by atoms with van der Waals surface area (Å²) < 4.78 is 2.11. The zero-order chi connectivity index (χ0) is 22.8. The molecule has 0 bridgehead atoms. The molecule has 0 spiro atoms. The highest BCUT2D eigenvalue weighted by molar-refractivity contribution is 6.07. The van der Waals surface area contributed by atoms with Gasteiger partial charge in [-0.2, -0.15) is 5.10 Å². The zero-order valence-corrected chi connectivity index (χ0v) is 19.4. The summed E-state index contributed by atoms with van der Waals surface area (Å²) in [5.74, 6) is -0.186. The Hall–Kier alpha value is -3.15. The van der Waals surface area contributed by atoms with Gasteiger partial charge in [0.15, 0.2) is 0 Å². The third-order valence-electron chi connectivity index (χ3n) is 6.65. The molecule has 1 aliphatic carbocycles. The Morgan fingerprint density at radius 2 is 2.00 bits per heavy atom. The van der Waals surface area contributed by atoms with E-state index in [-0.39, 0.29) is 18.0 Å². The van der Waals surface area contributed by atoms with Crippen LogP contribution < -0.4 is 10.9 Å². The molecule has 0 atom stereocenters. The van der Waals surface area contributed by atoms with Crippen molar-refractivity contribution in [3.05, 3.63) is 68.8 Å². The summed E-state index contributed by atoms with van der Waals surface area (Å²) in [6, 6.07) is 6.45. The molecule has 0 aliphatic heterocycles. The molecule has 1 saturated carbocycles. The monoisotopic (exact) mass is 432 g/mol. The Morgan fingerprint density at radius 3 is 2.66 bits per heavy atom. The molecule has 4 rings (SSSR count). The van der Waals surface area contributed by atoms with Crippen LogP contribution in [-0.2, 0) is 6.54 Å². The molecular formula is C26H32N4O2. The fourth-order valence-electron chi connectivity index (χ4n) is 4.90. The third kappa shape index (κ3) is 4.14. The Labute approximate surface area is 188 Å². The van der Waals surface area contributed by atoms with Crippen LogP contribution in [0.4, 0.5) is 0 Å². The minimum Gasteiger partial charge on any atom is -0.348 e. The van der Waals surface area contributed by atoms with E-state index in [0.717, 1.165) is 47.0 Å². The molecule has 0 unspecified atom stereocenters. The highest BCUT2D eigenvalue weighted by atomic mass is 16.1. The van der Waals surface area contributed by atoms with Gasteiger partial charge in [0.2, 0.25) is 0 Å². The maximum absolute atomic E-state index is 13.3. The van der Waals surface area contributed by atoms with Gasteiger partial charge in [0.05, 0.1) is 23.3 Å². The van der Waals surface area contributed by atoms with Crippen LogP contribution in [0.5, 0.6) is 0 Å². The highest BCUT2D eigenvalue weighted by Crippen LogP contribution is 2.34. The number of aromatic amines is 1. The second-order valence-corrected chi connectivity index (χ2v) is 8.78. The number of aromatic nitrogens is 3. The first-order valence-corrected chi connectivity index (χ1v) is 11.6. The van der Waals surface area contributed by atoms with Crippen LogP contribution in [0.1, 0.15) is 84.7 Å². The average Bonchev–Trinajstić information content (AvgIpc) is 3.42. The van der Waals surface area contributed by atoms with Crippen LogP contribution in [0.3, 0.4) is 0 Å². The molecule has 2 heterocycles. The van der Waals surface area contributed by atoms with E-state index in [0.29, 0.717) is 17.2 Å². The minimum absolute atomic E-state index is 0.155. The topological polar surface area (TPSA) is 79.8 Å². The Bertz CT molecular complexity index is 1240. The zero-order valence-electron chi connectivity index (χ0n) is 19.4. The summed E-state index contributed by atoms with van der Waals surface area (Å²) in [7, 11) is 0.